The summed E-state index contributed by atoms with van der Waals surface area (Å²) in [5, 5.41) is 6.10. The van der Waals surface area contributed by atoms with Crippen LogP contribution >= 0.6 is 11.6 Å². The number of sulfonamides is 1. The van der Waals surface area contributed by atoms with Gasteiger partial charge in [-0.25, -0.2) is 8.42 Å². The second-order valence-electron chi connectivity index (χ2n) is 8.11. The summed E-state index contributed by atoms with van der Waals surface area (Å²) in [5.41, 5.74) is 1.50. The van der Waals surface area contributed by atoms with Crippen molar-refractivity contribution in [3.63, 3.8) is 0 Å². The van der Waals surface area contributed by atoms with Crippen LogP contribution in [0.3, 0.4) is 0 Å². The van der Waals surface area contributed by atoms with Crippen molar-refractivity contribution >= 4 is 39.1 Å². The van der Waals surface area contributed by atoms with Gasteiger partial charge < -0.3 is 10.6 Å². The molecule has 178 valence electrons. The molecule has 10 heteroatoms. The summed E-state index contributed by atoms with van der Waals surface area (Å²) in [6.07, 6.45) is 2.20. The molecule has 2 amide bonds. The van der Waals surface area contributed by atoms with Crippen LogP contribution in [-0.4, -0.2) is 50.8 Å². The summed E-state index contributed by atoms with van der Waals surface area (Å²) in [4.78, 5) is 26.1. The van der Waals surface area contributed by atoms with Crippen molar-refractivity contribution in [1.29, 1.82) is 0 Å². The van der Waals surface area contributed by atoms with E-state index in [1.54, 1.807) is 0 Å². The average molecular weight is 493 g/mol. The molecule has 1 saturated heterocycles. The Kier molecular flexibility index (Phi) is 8.47. The number of benzene rings is 2. The molecular formula is C23H29ClN4O4S. The number of likely N-dealkylation sites (tertiary alicyclic amines) is 1. The summed E-state index contributed by atoms with van der Waals surface area (Å²) in [5.74, 6) is -0.668. The predicted molar refractivity (Wildman–Crippen MR) is 129 cm³/mol. The van der Waals surface area contributed by atoms with Gasteiger partial charge in [0.05, 0.1) is 17.0 Å². The van der Waals surface area contributed by atoms with Crippen LogP contribution in [0.5, 0.6) is 0 Å². The minimum atomic E-state index is -3.91. The van der Waals surface area contributed by atoms with E-state index in [4.69, 9.17) is 11.6 Å². The zero-order valence-electron chi connectivity index (χ0n) is 18.7. The van der Waals surface area contributed by atoms with E-state index in [0.717, 1.165) is 31.5 Å². The SMILES string of the molecule is CC(=O)Nc1ccc(S(=O)(=O)N[C@@H](C)C(=O)NCC(c2cccc(Cl)c2)N2CCCC2)cc1. The first kappa shape index (κ1) is 25.2. The van der Waals surface area contributed by atoms with Crippen LogP contribution in [-0.2, 0) is 19.6 Å². The van der Waals surface area contributed by atoms with Crippen molar-refractivity contribution in [3.05, 3.63) is 59.1 Å². The summed E-state index contributed by atoms with van der Waals surface area (Å²) in [6.45, 7) is 5.08. The van der Waals surface area contributed by atoms with Crippen molar-refractivity contribution in [2.45, 2.75) is 43.7 Å². The fraction of sp³-hybridized carbons (Fsp3) is 0.391. The molecule has 1 aliphatic heterocycles. The molecule has 33 heavy (non-hydrogen) atoms. The second kappa shape index (κ2) is 11.1. The van der Waals surface area contributed by atoms with Crippen molar-refractivity contribution in [3.8, 4) is 0 Å². The molecular weight excluding hydrogens is 464 g/mol. The van der Waals surface area contributed by atoms with Gasteiger partial charge in [-0.2, -0.15) is 4.72 Å². The smallest absolute Gasteiger partial charge is 0.241 e. The Morgan fingerprint density at radius 2 is 1.76 bits per heavy atom. The lowest BCUT2D eigenvalue weighted by molar-refractivity contribution is -0.122. The molecule has 1 heterocycles. The highest BCUT2D eigenvalue weighted by Crippen LogP contribution is 2.26. The minimum Gasteiger partial charge on any atom is -0.353 e. The molecule has 2 atom stereocenters. The molecule has 1 fully saturated rings. The van der Waals surface area contributed by atoms with Gasteiger partial charge in [-0.3, -0.25) is 14.5 Å². The van der Waals surface area contributed by atoms with Gasteiger partial charge in [-0.15, -0.1) is 0 Å². The summed E-state index contributed by atoms with van der Waals surface area (Å²) >= 11 is 6.17. The Bertz CT molecular complexity index is 1090. The third-order valence-electron chi connectivity index (χ3n) is 5.49. The van der Waals surface area contributed by atoms with Crippen LogP contribution in [0.25, 0.3) is 0 Å². The van der Waals surface area contributed by atoms with Gasteiger partial charge in [-0.05, 0) is 74.8 Å². The maximum Gasteiger partial charge on any atom is 0.241 e. The van der Waals surface area contributed by atoms with E-state index in [0.29, 0.717) is 17.3 Å². The molecule has 0 spiro atoms. The summed E-state index contributed by atoms with van der Waals surface area (Å²) in [7, 11) is -3.91. The fourth-order valence-electron chi connectivity index (χ4n) is 3.85. The molecule has 2 aromatic rings. The molecule has 1 aliphatic rings. The quantitative estimate of drug-likeness (QED) is 0.499. The van der Waals surface area contributed by atoms with Gasteiger partial charge in [0, 0.05) is 24.2 Å². The lowest BCUT2D eigenvalue weighted by Gasteiger charge is -2.29. The van der Waals surface area contributed by atoms with Gasteiger partial charge >= 0.3 is 0 Å². The maximum atomic E-state index is 12.7. The fourth-order valence-corrected chi connectivity index (χ4v) is 5.25. The number of carbonyl (C=O) groups is 2. The van der Waals surface area contributed by atoms with Crippen LogP contribution in [0, 0.1) is 0 Å². The molecule has 1 unspecified atom stereocenters. The van der Waals surface area contributed by atoms with Crippen molar-refractivity contribution in [2.75, 3.05) is 25.0 Å². The van der Waals surface area contributed by atoms with Crippen molar-refractivity contribution in [2.24, 2.45) is 0 Å². The number of anilines is 1. The number of nitrogens with one attached hydrogen (secondary N) is 3. The van der Waals surface area contributed by atoms with Gasteiger partial charge in [0.25, 0.3) is 0 Å². The largest absolute Gasteiger partial charge is 0.353 e. The standard InChI is InChI=1S/C23H29ClN4O4S/c1-16(27-33(31,32)21-10-8-20(9-11-21)26-17(2)29)23(30)25-15-22(28-12-3-4-13-28)18-6-5-7-19(24)14-18/h5-11,14,16,22,27H,3-4,12-13,15H2,1-2H3,(H,25,30)(H,26,29)/t16-,22?/m0/s1. The molecule has 0 aliphatic carbocycles. The highest BCUT2D eigenvalue weighted by atomic mass is 35.5. The van der Waals surface area contributed by atoms with Crippen molar-refractivity contribution < 1.29 is 18.0 Å². The predicted octanol–water partition coefficient (Wildman–Crippen LogP) is 2.92. The molecule has 0 radical (unpaired) electrons. The van der Waals surface area contributed by atoms with Crippen LogP contribution in [0.2, 0.25) is 5.02 Å². The second-order valence-corrected chi connectivity index (χ2v) is 10.3. The van der Waals surface area contributed by atoms with Crippen molar-refractivity contribution in [1.82, 2.24) is 14.9 Å². The van der Waals surface area contributed by atoms with E-state index in [2.05, 4.69) is 20.3 Å². The van der Waals surface area contributed by atoms with E-state index in [1.807, 2.05) is 24.3 Å². The van der Waals surface area contributed by atoms with E-state index >= 15 is 0 Å². The highest BCUT2D eigenvalue weighted by Gasteiger charge is 2.26. The molecule has 3 N–H and O–H groups in total. The number of carbonyl (C=O) groups excluding carboxylic acids is 2. The van der Waals surface area contributed by atoms with Crippen LogP contribution < -0.4 is 15.4 Å². The maximum absolute atomic E-state index is 12.7. The Labute approximate surface area is 199 Å². The first-order chi connectivity index (χ1) is 15.7. The minimum absolute atomic E-state index is 0.00474. The average Bonchev–Trinajstić information content (AvgIpc) is 3.28. The lowest BCUT2D eigenvalue weighted by atomic mass is 10.1. The van der Waals surface area contributed by atoms with E-state index in [1.165, 1.54) is 38.1 Å². The van der Waals surface area contributed by atoms with Gasteiger partial charge in [-0.1, -0.05) is 23.7 Å². The first-order valence-corrected chi connectivity index (χ1v) is 12.7. The topological polar surface area (TPSA) is 108 Å². The molecule has 3 rings (SSSR count). The van der Waals surface area contributed by atoms with Gasteiger partial charge in [0.15, 0.2) is 0 Å². The Morgan fingerprint density at radius 3 is 2.36 bits per heavy atom. The molecule has 0 bridgehead atoms. The Morgan fingerprint density at radius 1 is 1.09 bits per heavy atom. The number of amides is 2. The number of hydrogen-bond donors (Lipinski definition) is 3. The van der Waals surface area contributed by atoms with E-state index in [9.17, 15) is 18.0 Å². The third-order valence-corrected chi connectivity index (χ3v) is 7.29. The normalized spacial score (nSPS) is 16.2. The monoisotopic (exact) mass is 492 g/mol. The van der Waals surface area contributed by atoms with E-state index < -0.39 is 22.0 Å². The highest BCUT2D eigenvalue weighted by molar-refractivity contribution is 7.89. The number of hydrogen-bond acceptors (Lipinski definition) is 5. The zero-order chi connectivity index (χ0) is 24.0. The van der Waals surface area contributed by atoms with Gasteiger partial charge in [0.1, 0.15) is 0 Å². The lowest BCUT2D eigenvalue weighted by Crippen LogP contribution is -2.47. The van der Waals surface area contributed by atoms with Crippen LogP contribution in [0.15, 0.2) is 53.4 Å². The summed E-state index contributed by atoms with van der Waals surface area (Å²) < 4.78 is 27.8. The van der Waals surface area contributed by atoms with Crippen LogP contribution in [0.1, 0.15) is 38.3 Å². The molecule has 8 nitrogen and oxygen atoms in total. The van der Waals surface area contributed by atoms with Gasteiger partial charge in [0.2, 0.25) is 21.8 Å². The molecule has 0 saturated carbocycles. The van der Waals surface area contributed by atoms with E-state index in [-0.39, 0.29) is 16.8 Å². The third kappa shape index (κ3) is 7.01. The molecule has 2 aromatic carbocycles. The first-order valence-electron chi connectivity index (χ1n) is 10.8. The number of rotatable bonds is 9. The zero-order valence-corrected chi connectivity index (χ0v) is 20.2. The van der Waals surface area contributed by atoms with Crippen LogP contribution in [0.4, 0.5) is 5.69 Å². The molecule has 0 aromatic heterocycles. The number of halogens is 1. The summed E-state index contributed by atoms with van der Waals surface area (Å²) in [6, 6.07) is 12.3. The Balaban J connectivity index is 1.63. The Hall–Kier alpha value is -2.46. The number of nitrogens with zero attached hydrogens (tertiary/aromatic N) is 1.